The number of benzene rings is 1. The highest BCUT2D eigenvalue weighted by Crippen LogP contribution is 2.52. The molecule has 1 aromatic rings. The second-order valence-electron chi connectivity index (χ2n) is 8.40. The predicted octanol–water partition coefficient (Wildman–Crippen LogP) is 0.760. The standard InChI is InChI=1S/C23H34N2O7/c1-3-4-8-18(28)25(10-12-31-2)16-13-15(23(30)24-9-11-26)19-14-6-5-7-17(27)21(14)32-22(19)20(16)29/h5-7,15-16,19-20,22,26-27,29H,3-4,8-13H2,1-2H3,(H,24,30)/t15?,16-,19+,20+,22+/m1/s1. The highest BCUT2D eigenvalue weighted by Gasteiger charge is 2.55. The molecule has 4 N–H and O–H groups in total. The van der Waals surface area contributed by atoms with Crippen LogP contribution in [0, 0.1) is 5.92 Å². The molecule has 9 nitrogen and oxygen atoms in total. The number of methoxy groups -OCH3 is 1. The van der Waals surface area contributed by atoms with E-state index in [1.807, 2.05) is 6.92 Å². The number of phenolic OH excluding ortho intramolecular Hbond substituents is 1. The number of unbranched alkanes of at least 4 members (excludes halogenated alkanes) is 1. The molecule has 1 saturated carbocycles. The summed E-state index contributed by atoms with van der Waals surface area (Å²) in [5, 5.41) is 33.5. The van der Waals surface area contributed by atoms with Crippen LogP contribution in [0.2, 0.25) is 0 Å². The SMILES string of the molecule is CCCCC(=O)N(CCOC)[C@@H]1CC(C(=O)NCCO)[C@@H]2c3cccc(O)c3O[C@@H]2[C@H]1O. The van der Waals surface area contributed by atoms with Crippen LogP contribution in [0.15, 0.2) is 18.2 Å². The van der Waals surface area contributed by atoms with Crippen molar-refractivity contribution in [2.24, 2.45) is 5.92 Å². The fourth-order valence-electron chi connectivity index (χ4n) is 4.84. The normalized spacial score (nSPS) is 26.1. The number of amides is 2. The van der Waals surface area contributed by atoms with Gasteiger partial charge in [0.05, 0.1) is 25.2 Å². The zero-order valence-electron chi connectivity index (χ0n) is 18.7. The van der Waals surface area contributed by atoms with Crippen molar-refractivity contribution in [1.82, 2.24) is 10.2 Å². The number of aliphatic hydroxyl groups excluding tert-OH is 2. The summed E-state index contributed by atoms with van der Waals surface area (Å²) >= 11 is 0. The highest BCUT2D eigenvalue weighted by atomic mass is 16.5. The van der Waals surface area contributed by atoms with Gasteiger partial charge in [-0.25, -0.2) is 0 Å². The van der Waals surface area contributed by atoms with Gasteiger partial charge in [-0.2, -0.15) is 0 Å². The number of para-hydroxylation sites is 1. The van der Waals surface area contributed by atoms with Gasteiger partial charge in [0.25, 0.3) is 0 Å². The number of aliphatic hydroxyl groups is 2. The van der Waals surface area contributed by atoms with Crippen molar-refractivity contribution in [2.45, 2.75) is 56.8 Å². The summed E-state index contributed by atoms with van der Waals surface area (Å²) in [7, 11) is 1.55. The van der Waals surface area contributed by atoms with Gasteiger partial charge in [-0.05, 0) is 18.9 Å². The van der Waals surface area contributed by atoms with E-state index in [0.29, 0.717) is 25.1 Å². The Morgan fingerprint density at radius 3 is 2.81 bits per heavy atom. The molecule has 0 aromatic heterocycles. The minimum Gasteiger partial charge on any atom is -0.504 e. The number of phenols is 1. The first-order chi connectivity index (χ1) is 15.4. The van der Waals surface area contributed by atoms with Crippen molar-refractivity contribution in [2.75, 3.05) is 33.4 Å². The lowest BCUT2D eigenvalue weighted by atomic mass is 9.70. The second kappa shape index (κ2) is 11.0. The average Bonchev–Trinajstić information content (AvgIpc) is 3.19. The largest absolute Gasteiger partial charge is 0.504 e. The molecule has 0 radical (unpaired) electrons. The molecular formula is C23H34N2O7. The first-order valence-electron chi connectivity index (χ1n) is 11.3. The molecule has 5 atom stereocenters. The zero-order valence-corrected chi connectivity index (χ0v) is 18.7. The van der Waals surface area contributed by atoms with Gasteiger partial charge in [0.1, 0.15) is 12.2 Å². The molecule has 0 bridgehead atoms. The summed E-state index contributed by atoms with van der Waals surface area (Å²) in [6, 6.07) is 4.33. The lowest BCUT2D eigenvalue weighted by Gasteiger charge is -2.45. The smallest absolute Gasteiger partial charge is 0.224 e. The van der Waals surface area contributed by atoms with Crippen molar-refractivity contribution in [3.63, 3.8) is 0 Å². The Morgan fingerprint density at radius 2 is 2.12 bits per heavy atom. The number of ether oxygens (including phenoxy) is 2. The van der Waals surface area contributed by atoms with Crippen molar-refractivity contribution < 1.29 is 34.4 Å². The van der Waals surface area contributed by atoms with Crippen LogP contribution < -0.4 is 10.1 Å². The van der Waals surface area contributed by atoms with Crippen LogP contribution >= 0.6 is 0 Å². The Hall–Kier alpha value is -2.36. The molecule has 1 heterocycles. The summed E-state index contributed by atoms with van der Waals surface area (Å²) in [6.45, 7) is 2.52. The molecule has 0 spiro atoms. The number of carbonyl (C=O) groups is 2. The summed E-state index contributed by atoms with van der Waals surface area (Å²) in [5.74, 6) is -1.24. The van der Waals surface area contributed by atoms with Gasteiger partial charge in [0.2, 0.25) is 11.8 Å². The number of nitrogens with one attached hydrogen (secondary N) is 1. The number of hydrogen-bond acceptors (Lipinski definition) is 7. The maximum absolute atomic E-state index is 13.1. The fourth-order valence-corrected chi connectivity index (χ4v) is 4.84. The van der Waals surface area contributed by atoms with Crippen molar-refractivity contribution in [1.29, 1.82) is 0 Å². The van der Waals surface area contributed by atoms with Crippen LogP contribution in [0.4, 0.5) is 0 Å². The maximum atomic E-state index is 13.1. The predicted molar refractivity (Wildman–Crippen MR) is 116 cm³/mol. The van der Waals surface area contributed by atoms with E-state index in [1.165, 1.54) is 6.07 Å². The van der Waals surface area contributed by atoms with E-state index < -0.39 is 30.1 Å². The Morgan fingerprint density at radius 1 is 1.34 bits per heavy atom. The number of carbonyl (C=O) groups excluding carboxylic acids is 2. The molecule has 3 rings (SSSR count). The van der Waals surface area contributed by atoms with E-state index in [9.17, 15) is 19.8 Å². The van der Waals surface area contributed by atoms with Gasteiger partial charge in [-0.3, -0.25) is 9.59 Å². The van der Waals surface area contributed by atoms with Crippen LogP contribution in [-0.4, -0.2) is 83.7 Å². The molecule has 1 fully saturated rings. The highest BCUT2D eigenvalue weighted by molar-refractivity contribution is 5.81. The van der Waals surface area contributed by atoms with E-state index in [2.05, 4.69) is 5.32 Å². The molecule has 0 saturated heterocycles. The third kappa shape index (κ3) is 4.84. The lowest BCUT2D eigenvalue weighted by Crippen LogP contribution is -2.60. The van der Waals surface area contributed by atoms with Crippen molar-refractivity contribution in [3.05, 3.63) is 23.8 Å². The van der Waals surface area contributed by atoms with Crippen LogP contribution in [0.25, 0.3) is 0 Å². The Bertz CT molecular complexity index is 803. The van der Waals surface area contributed by atoms with Gasteiger partial charge >= 0.3 is 0 Å². The van der Waals surface area contributed by atoms with Gasteiger partial charge in [0, 0.05) is 38.1 Å². The van der Waals surface area contributed by atoms with Crippen molar-refractivity contribution >= 4 is 11.8 Å². The van der Waals surface area contributed by atoms with Gasteiger partial charge < -0.3 is 35.0 Å². The molecule has 2 aliphatic rings. The van der Waals surface area contributed by atoms with Gasteiger partial charge in [-0.1, -0.05) is 25.5 Å². The van der Waals surface area contributed by atoms with E-state index in [-0.39, 0.29) is 42.9 Å². The Labute approximate surface area is 188 Å². The van der Waals surface area contributed by atoms with Gasteiger partial charge in [-0.15, -0.1) is 0 Å². The molecule has 2 amide bonds. The van der Waals surface area contributed by atoms with Gasteiger partial charge in [0.15, 0.2) is 11.5 Å². The Balaban J connectivity index is 1.95. The molecule has 9 heteroatoms. The molecule has 1 unspecified atom stereocenters. The third-order valence-electron chi connectivity index (χ3n) is 6.40. The number of fused-ring (bicyclic) bond motifs is 3. The Kier molecular flexibility index (Phi) is 8.33. The van der Waals surface area contributed by atoms with E-state index in [0.717, 1.165) is 12.8 Å². The quantitative estimate of drug-likeness (QED) is 0.414. The minimum absolute atomic E-state index is 0.0505. The molecule has 1 aliphatic heterocycles. The minimum atomic E-state index is -1.05. The molecular weight excluding hydrogens is 416 g/mol. The van der Waals surface area contributed by atoms with E-state index in [4.69, 9.17) is 14.6 Å². The number of rotatable bonds is 10. The van der Waals surface area contributed by atoms with E-state index in [1.54, 1.807) is 24.1 Å². The first-order valence-corrected chi connectivity index (χ1v) is 11.3. The second-order valence-corrected chi connectivity index (χ2v) is 8.40. The van der Waals surface area contributed by atoms with Crippen LogP contribution in [0.1, 0.15) is 44.1 Å². The topological polar surface area (TPSA) is 129 Å². The monoisotopic (exact) mass is 450 g/mol. The van der Waals surface area contributed by atoms with Crippen LogP contribution in [0.5, 0.6) is 11.5 Å². The zero-order chi connectivity index (χ0) is 23.3. The number of hydrogen-bond donors (Lipinski definition) is 4. The molecule has 1 aliphatic carbocycles. The number of aromatic hydroxyl groups is 1. The first kappa shape index (κ1) is 24.3. The third-order valence-corrected chi connectivity index (χ3v) is 6.40. The summed E-state index contributed by atoms with van der Waals surface area (Å²) in [6.07, 6.45) is 0.349. The summed E-state index contributed by atoms with van der Waals surface area (Å²) in [4.78, 5) is 27.7. The van der Waals surface area contributed by atoms with Crippen LogP contribution in [-0.2, 0) is 14.3 Å². The maximum Gasteiger partial charge on any atom is 0.224 e. The fraction of sp³-hybridized carbons (Fsp3) is 0.652. The van der Waals surface area contributed by atoms with Crippen molar-refractivity contribution in [3.8, 4) is 11.5 Å². The summed E-state index contributed by atoms with van der Waals surface area (Å²) < 4.78 is 11.2. The summed E-state index contributed by atoms with van der Waals surface area (Å²) in [5.41, 5.74) is 0.664. The van der Waals surface area contributed by atoms with Crippen LogP contribution in [0.3, 0.4) is 0 Å². The number of nitrogens with zero attached hydrogens (tertiary/aromatic N) is 1. The molecule has 178 valence electrons. The average molecular weight is 451 g/mol. The molecule has 32 heavy (non-hydrogen) atoms. The lowest BCUT2D eigenvalue weighted by molar-refractivity contribution is -0.147. The molecule has 1 aromatic carbocycles. The van der Waals surface area contributed by atoms with E-state index >= 15 is 0 Å².